The highest BCUT2D eigenvalue weighted by Gasteiger charge is 2.33. The predicted octanol–water partition coefficient (Wildman–Crippen LogP) is -0.340. The zero-order chi connectivity index (χ0) is 15.9. The summed E-state index contributed by atoms with van der Waals surface area (Å²) in [4.78, 5) is 14.0. The van der Waals surface area contributed by atoms with Gasteiger partial charge in [0.15, 0.2) is 9.84 Å². The Morgan fingerprint density at radius 1 is 1.41 bits per heavy atom. The van der Waals surface area contributed by atoms with E-state index in [1.54, 1.807) is 0 Å². The van der Waals surface area contributed by atoms with Crippen LogP contribution in [0, 0.1) is 13.8 Å². The second kappa shape index (κ2) is 5.66. The molecule has 1 aromatic heterocycles. The van der Waals surface area contributed by atoms with Crippen molar-refractivity contribution in [3.63, 3.8) is 0 Å². The van der Waals surface area contributed by atoms with Crippen LogP contribution in [0.5, 0.6) is 0 Å². The summed E-state index contributed by atoms with van der Waals surface area (Å²) in [7, 11) is -2.95. The van der Waals surface area contributed by atoms with E-state index in [9.17, 15) is 13.2 Å². The molecular weight excluding hydrogens is 304 g/mol. The SMILES string of the molecule is Cc1cc(C)n(C2CN(CC(=O)N[C@H]3CCS(=O)(=O)C3)C2)n1. The van der Waals surface area contributed by atoms with Crippen LogP contribution < -0.4 is 5.32 Å². The van der Waals surface area contributed by atoms with Gasteiger partial charge in [0, 0.05) is 24.8 Å². The van der Waals surface area contributed by atoms with E-state index in [2.05, 4.69) is 21.4 Å². The number of aryl methyl sites for hydroxylation is 2. The average Bonchev–Trinajstić information content (AvgIpc) is 2.85. The van der Waals surface area contributed by atoms with Crippen molar-refractivity contribution in [3.05, 3.63) is 17.5 Å². The lowest BCUT2D eigenvalue weighted by Crippen LogP contribution is -2.53. The Balaban J connectivity index is 1.44. The quantitative estimate of drug-likeness (QED) is 0.818. The summed E-state index contributed by atoms with van der Waals surface area (Å²) in [6.45, 7) is 5.95. The van der Waals surface area contributed by atoms with Crippen molar-refractivity contribution in [2.45, 2.75) is 32.4 Å². The summed E-state index contributed by atoms with van der Waals surface area (Å²) >= 11 is 0. The Morgan fingerprint density at radius 3 is 2.68 bits per heavy atom. The van der Waals surface area contributed by atoms with Crippen LogP contribution in [0.15, 0.2) is 6.07 Å². The van der Waals surface area contributed by atoms with Gasteiger partial charge in [0.1, 0.15) is 0 Å². The molecule has 122 valence electrons. The van der Waals surface area contributed by atoms with Crippen LogP contribution in [0.1, 0.15) is 23.9 Å². The first-order valence-electron chi connectivity index (χ1n) is 7.57. The number of carbonyl (C=O) groups is 1. The molecule has 3 heterocycles. The van der Waals surface area contributed by atoms with Gasteiger partial charge in [-0.05, 0) is 26.3 Å². The molecule has 0 spiro atoms. The number of nitrogens with one attached hydrogen (secondary N) is 1. The summed E-state index contributed by atoms with van der Waals surface area (Å²) < 4.78 is 24.8. The normalized spacial score (nSPS) is 25.1. The fraction of sp³-hybridized carbons (Fsp3) is 0.714. The van der Waals surface area contributed by atoms with Crippen molar-refractivity contribution in [1.82, 2.24) is 20.0 Å². The van der Waals surface area contributed by atoms with E-state index < -0.39 is 9.84 Å². The van der Waals surface area contributed by atoms with E-state index in [1.165, 1.54) is 0 Å². The number of likely N-dealkylation sites (tertiary alicyclic amines) is 1. The molecule has 22 heavy (non-hydrogen) atoms. The molecule has 2 aliphatic rings. The van der Waals surface area contributed by atoms with Gasteiger partial charge in [0.05, 0.1) is 29.8 Å². The fourth-order valence-corrected chi connectivity index (χ4v) is 4.90. The molecule has 0 saturated carbocycles. The number of hydrogen-bond donors (Lipinski definition) is 1. The predicted molar refractivity (Wildman–Crippen MR) is 82.4 cm³/mol. The van der Waals surface area contributed by atoms with Gasteiger partial charge in [0.25, 0.3) is 0 Å². The van der Waals surface area contributed by atoms with Gasteiger partial charge < -0.3 is 5.32 Å². The third-order valence-electron chi connectivity index (χ3n) is 4.29. The van der Waals surface area contributed by atoms with Crippen LogP contribution in [-0.4, -0.2) is 66.2 Å². The summed E-state index contributed by atoms with van der Waals surface area (Å²) in [6.07, 6.45) is 0.530. The van der Waals surface area contributed by atoms with E-state index in [4.69, 9.17) is 0 Å². The molecule has 0 radical (unpaired) electrons. The molecule has 0 aliphatic carbocycles. The molecule has 2 aliphatic heterocycles. The Morgan fingerprint density at radius 2 is 2.14 bits per heavy atom. The van der Waals surface area contributed by atoms with Crippen molar-refractivity contribution < 1.29 is 13.2 Å². The summed E-state index contributed by atoms with van der Waals surface area (Å²) in [6, 6.07) is 2.16. The minimum absolute atomic E-state index is 0.0765. The van der Waals surface area contributed by atoms with Gasteiger partial charge in [-0.15, -0.1) is 0 Å². The maximum atomic E-state index is 12.0. The van der Waals surface area contributed by atoms with E-state index in [0.717, 1.165) is 24.5 Å². The summed E-state index contributed by atoms with van der Waals surface area (Å²) in [5.41, 5.74) is 2.15. The molecule has 1 atom stereocenters. The molecular formula is C14H22N4O3S. The molecule has 2 saturated heterocycles. The molecule has 8 heteroatoms. The third kappa shape index (κ3) is 3.33. The lowest BCUT2D eigenvalue weighted by atomic mass is 10.1. The lowest BCUT2D eigenvalue weighted by molar-refractivity contribution is -0.124. The van der Waals surface area contributed by atoms with Gasteiger partial charge in [-0.1, -0.05) is 0 Å². The Kier molecular flexibility index (Phi) is 3.98. The monoisotopic (exact) mass is 326 g/mol. The highest BCUT2D eigenvalue weighted by Crippen LogP contribution is 2.22. The maximum absolute atomic E-state index is 12.0. The number of hydrogen-bond acceptors (Lipinski definition) is 5. The molecule has 0 bridgehead atoms. The van der Waals surface area contributed by atoms with Crippen LogP contribution in [0.4, 0.5) is 0 Å². The summed E-state index contributed by atoms with van der Waals surface area (Å²) in [5.74, 6) is 0.170. The standard InChI is InChI=1S/C14H22N4O3S/c1-10-5-11(2)18(16-10)13-6-17(7-13)8-14(19)15-12-3-4-22(20,21)9-12/h5,12-13H,3-4,6-9H2,1-2H3,(H,15,19)/t12-/m0/s1. The van der Waals surface area contributed by atoms with Crippen LogP contribution in [0.3, 0.4) is 0 Å². The minimum atomic E-state index is -2.95. The number of aromatic nitrogens is 2. The highest BCUT2D eigenvalue weighted by atomic mass is 32.2. The van der Waals surface area contributed by atoms with Crippen molar-refractivity contribution >= 4 is 15.7 Å². The van der Waals surface area contributed by atoms with E-state index in [0.29, 0.717) is 19.0 Å². The highest BCUT2D eigenvalue weighted by molar-refractivity contribution is 7.91. The molecule has 7 nitrogen and oxygen atoms in total. The third-order valence-corrected chi connectivity index (χ3v) is 6.06. The van der Waals surface area contributed by atoms with Crippen LogP contribution in [0.2, 0.25) is 0 Å². The van der Waals surface area contributed by atoms with Gasteiger partial charge in [0.2, 0.25) is 5.91 Å². The number of nitrogens with zero attached hydrogens (tertiary/aromatic N) is 3. The Bertz CT molecular complexity index is 676. The van der Waals surface area contributed by atoms with Crippen molar-refractivity contribution in [2.75, 3.05) is 31.1 Å². The van der Waals surface area contributed by atoms with Gasteiger partial charge in [-0.3, -0.25) is 14.4 Å². The van der Waals surface area contributed by atoms with Crippen LogP contribution in [0.25, 0.3) is 0 Å². The molecule has 0 aromatic carbocycles. The van der Waals surface area contributed by atoms with E-state index in [1.807, 2.05) is 18.5 Å². The molecule has 1 aromatic rings. The van der Waals surface area contributed by atoms with Crippen LogP contribution >= 0.6 is 0 Å². The lowest BCUT2D eigenvalue weighted by Gasteiger charge is -2.39. The van der Waals surface area contributed by atoms with Crippen LogP contribution in [-0.2, 0) is 14.6 Å². The summed E-state index contributed by atoms with van der Waals surface area (Å²) in [5, 5.41) is 7.29. The second-order valence-corrected chi connectivity index (χ2v) is 8.62. The molecule has 1 amide bonds. The smallest absolute Gasteiger partial charge is 0.234 e. The molecule has 2 fully saturated rings. The average molecular weight is 326 g/mol. The second-order valence-electron chi connectivity index (χ2n) is 6.39. The van der Waals surface area contributed by atoms with Gasteiger partial charge in [-0.25, -0.2) is 8.42 Å². The Hall–Kier alpha value is -1.41. The van der Waals surface area contributed by atoms with E-state index in [-0.39, 0.29) is 23.5 Å². The zero-order valence-electron chi connectivity index (χ0n) is 12.9. The first kappa shape index (κ1) is 15.5. The number of sulfone groups is 1. The first-order valence-corrected chi connectivity index (χ1v) is 9.39. The van der Waals surface area contributed by atoms with E-state index >= 15 is 0 Å². The number of amides is 1. The van der Waals surface area contributed by atoms with Gasteiger partial charge in [-0.2, -0.15) is 5.10 Å². The largest absolute Gasteiger partial charge is 0.351 e. The topological polar surface area (TPSA) is 84.3 Å². The zero-order valence-corrected chi connectivity index (χ0v) is 13.8. The number of carbonyl (C=O) groups excluding carboxylic acids is 1. The fourth-order valence-electron chi connectivity index (χ4n) is 3.23. The molecule has 1 N–H and O–H groups in total. The van der Waals surface area contributed by atoms with Gasteiger partial charge >= 0.3 is 0 Å². The Labute approximate surface area is 130 Å². The maximum Gasteiger partial charge on any atom is 0.234 e. The van der Waals surface area contributed by atoms with Crippen molar-refractivity contribution in [2.24, 2.45) is 0 Å². The number of rotatable bonds is 4. The van der Waals surface area contributed by atoms with Crippen molar-refractivity contribution in [3.8, 4) is 0 Å². The molecule has 0 unspecified atom stereocenters. The molecule has 3 rings (SSSR count). The van der Waals surface area contributed by atoms with Crippen molar-refractivity contribution in [1.29, 1.82) is 0 Å². The minimum Gasteiger partial charge on any atom is -0.351 e. The first-order chi connectivity index (χ1) is 10.3.